The highest BCUT2D eigenvalue weighted by molar-refractivity contribution is 6.33. The van der Waals surface area contributed by atoms with Gasteiger partial charge in [-0.2, -0.15) is 18.7 Å². The summed E-state index contributed by atoms with van der Waals surface area (Å²) in [6.45, 7) is 1.50. The fourth-order valence-corrected chi connectivity index (χ4v) is 2.53. The second kappa shape index (κ2) is 7.09. The Morgan fingerprint density at radius 1 is 1.48 bits per heavy atom. The first-order valence-electron chi connectivity index (χ1n) is 6.81. The molecule has 13 heteroatoms. The van der Waals surface area contributed by atoms with Gasteiger partial charge in [0.05, 0.1) is 22.6 Å². The Kier molecular flexibility index (Phi) is 5.49. The zero-order chi connectivity index (χ0) is 18.9. The number of pyridine rings is 1. The van der Waals surface area contributed by atoms with E-state index >= 15 is 0 Å². The summed E-state index contributed by atoms with van der Waals surface area (Å²) in [5.74, 6) is 7.61. The average Bonchev–Trinajstić information content (AvgIpc) is 2.93. The lowest BCUT2D eigenvalue weighted by Gasteiger charge is -2.24. The fourth-order valence-electron chi connectivity index (χ4n) is 2.28. The molecule has 1 aliphatic heterocycles. The van der Waals surface area contributed by atoms with Gasteiger partial charge in [0.2, 0.25) is 0 Å². The Labute approximate surface area is 144 Å². The van der Waals surface area contributed by atoms with Crippen LogP contribution >= 0.6 is 11.6 Å². The van der Waals surface area contributed by atoms with Crippen molar-refractivity contribution in [3.05, 3.63) is 22.8 Å². The summed E-state index contributed by atoms with van der Waals surface area (Å²) in [6, 6.07) is -0.555. The van der Waals surface area contributed by atoms with Crippen LogP contribution in [0.25, 0.3) is 0 Å². The molecule has 0 bridgehead atoms. The number of alkyl halides is 3. The van der Waals surface area contributed by atoms with E-state index in [0.29, 0.717) is 17.3 Å². The maximum atomic E-state index is 12.6. The lowest BCUT2D eigenvalue weighted by molar-refractivity contribution is -0.137. The molecule has 2 rings (SSSR count). The molecule has 0 unspecified atom stereocenters. The van der Waals surface area contributed by atoms with Crippen molar-refractivity contribution < 1.29 is 27.6 Å². The van der Waals surface area contributed by atoms with Gasteiger partial charge in [-0.05, 0) is 13.0 Å². The number of hydrazine groups is 2. The highest BCUT2D eigenvalue weighted by Crippen LogP contribution is 2.33. The first-order valence-corrected chi connectivity index (χ1v) is 7.18. The summed E-state index contributed by atoms with van der Waals surface area (Å²) in [6.07, 6.45) is -4.93. The maximum absolute atomic E-state index is 12.6. The summed E-state index contributed by atoms with van der Waals surface area (Å²) >= 11 is 5.76. The van der Waals surface area contributed by atoms with Crippen molar-refractivity contribution in [3.8, 4) is 0 Å². The maximum Gasteiger partial charge on any atom is 0.417 e. The SMILES string of the molecule is C[C@@H]1ON[C@@H](C(=O)NN)[C@H]1C(=O)N(N)c1ncc(C(F)(F)F)cc1Cl. The van der Waals surface area contributed by atoms with E-state index in [1.807, 2.05) is 5.43 Å². The number of amides is 2. The quantitative estimate of drug-likeness (QED) is 0.324. The molecule has 3 atom stereocenters. The van der Waals surface area contributed by atoms with Crippen LogP contribution in [-0.4, -0.2) is 28.9 Å². The van der Waals surface area contributed by atoms with Gasteiger partial charge in [0.15, 0.2) is 5.82 Å². The van der Waals surface area contributed by atoms with Gasteiger partial charge in [0.1, 0.15) is 6.04 Å². The van der Waals surface area contributed by atoms with Gasteiger partial charge in [-0.1, -0.05) is 11.6 Å². The topological polar surface area (TPSA) is 136 Å². The molecule has 1 fully saturated rings. The third-order valence-electron chi connectivity index (χ3n) is 3.57. The predicted molar refractivity (Wildman–Crippen MR) is 79.2 cm³/mol. The minimum Gasteiger partial charge on any atom is -0.297 e. The Bertz CT molecular complexity index is 689. The van der Waals surface area contributed by atoms with E-state index in [-0.39, 0.29) is 0 Å². The smallest absolute Gasteiger partial charge is 0.297 e. The van der Waals surface area contributed by atoms with E-state index in [9.17, 15) is 22.8 Å². The van der Waals surface area contributed by atoms with Crippen molar-refractivity contribution in [2.45, 2.75) is 25.2 Å². The molecule has 1 aromatic rings. The molecule has 138 valence electrons. The largest absolute Gasteiger partial charge is 0.417 e. The van der Waals surface area contributed by atoms with Crippen molar-refractivity contribution in [1.82, 2.24) is 15.9 Å². The van der Waals surface area contributed by atoms with Gasteiger partial charge in [-0.25, -0.2) is 21.7 Å². The number of halogens is 4. The zero-order valence-electron chi connectivity index (χ0n) is 12.7. The molecule has 0 aromatic carbocycles. The third kappa shape index (κ3) is 3.82. The Morgan fingerprint density at radius 3 is 2.64 bits per heavy atom. The monoisotopic (exact) mass is 382 g/mol. The van der Waals surface area contributed by atoms with Crippen LogP contribution in [0.1, 0.15) is 12.5 Å². The zero-order valence-corrected chi connectivity index (χ0v) is 13.4. The molecular weight excluding hydrogens is 369 g/mol. The Hall–Kier alpha value is -1.99. The van der Waals surface area contributed by atoms with Gasteiger partial charge in [-0.3, -0.25) is 19.9 Å². The highest BCUT2D eigenvalue weighted by atomic mass is 35.5. The van der Waals surface area contributed by atoms with Crippen LogP contribution in [0.2, 0.25) is 5.02 Å². The van der Waals surface area contributed by atoms with Crippen molar-refractivity contribution in [2.24, 2.45) is 17.6 Å². The number of carbonyl (C=O) groups excluding carboxylic acids is 2. The van der Waals surface area contributed by atoms with Crippen LogP contribution in [-0.2, 0) is 20.6 Å². The molecule has 2 heterocycles. The molecule has 1 aromatic heterocycles. The van der Waals surface area contributed by atoms with Crippen LogP contribution in [0.5, 0.6) is 0 Å². The first kappa shape index (κ1) is 19.3. The van der Waals surface area contributed by atoms with Gasteiger partial charge < -0.3 is 0 Å². The van der Waals surface area contributed by atoms with E-state index in [0.717, 1.165) is 0 Å². The molecule has 25 heavy (non-hydrogen) atoms. The lowest BCUT2D eigenvalue weighted by atomic mass is 9.94. The predicted octanol–water partition coefficient (Wildman–Crippen LogP) is -0.141. The molecule has 0 radical (unpaired) electrons. The summed E-state index contributed by atoms with van der Waals surface area (Å²) in [7, 11) is 0. The number of hydrogen-bond donors (Lipinski definition) is 4. The molecular formula is C12H14ClF3N6O3. The molecule has 6 N–H and O–H groups in total. The molecule has 1 aliphatic rings. The van der Waals surface area contributed by atoms with E-state index in [4.69, 9.17) is 28.1 Å². The molecule has 0 spiro atoms. The van der Waals surface area contributed by atoms with Crippen molar-refractivity contribution in [2.75, 3.05) is 5.01 Å². The number of hydrogen-bond acceptors (Lipinski definition) is 7. The first-order chi connectivity index (χ1) is 11.6. The number of nitrogens with one attached hydrogen (secondary N) is 2. The second-order valence-corrected chi connectivity index (χ2v) is 5.60. The van der Waals surface area contributed by atoms with Crippen molar-refractivity contribution >= 4 is 29.2 Å². The van der Waals surface area contributed by atoms with Crippen LogP contribution in [0, 0.1) is 5.92 Å². The fraction of sp³-hybridized carbons (Fsp3) is 0.417. The van der Waals surface area contributed by atoms with Crippen LogP contribution in [0.4, 0.5) is 19.0 Å². The number of nitrogens with two attached hydrogens (primary N) is 2. The second-order valence-electron chi connectivity index (χ2n) is 5.19. The number of carbonyl (C=O) groups is 2. The van der Waals surface area contributed by atoms with Gasteiger partial charge >= 0.3 is 6.18 Å². The minimum atomic E-state index is -4.65. The summed E-state index contributed by atoms with van der Waals surface area (Å²) in [5.41, 5.74) is 3.11. The van der Waals surface area contributed by atoms with Crippen molar-refractivity contribution in [3.63, 3.8) is 0 Å². The van der Waals surface area contributed by atoms with E-state index in [1.165, 1.54) is 6.92 Å². The highest BCUT2D eigenvalue weighted by Gasteiger charge is 2.46. The van der Waals surface area contributed by atoms with E-state index < -0.39 is 52.5 Å². The van der Waals surface area contributed by atoms with Gasteiger partial charge in [0, 0.05) is 6.20 Å². The molecule has 0 aliphatic carbocycles. The van der Waals surface area contributed by atoms with E-state index in [2.05, 4.69) is 10.5 Å². The van der Waals surface area contributed by atoms with E-state index in [1.54, 1.807) is 0 Å². The summed E-state index contributed by atoms with van der Waals surface area (Å²) in [5, 5.41) is -0.0124. The number of hydroxylamine groups is 1. The molecule has 0 saturated carbocycles. The molecule has 2 amide bonds. The Balaban J connectivity index is 2.29. The normalized spacial score (nSPS) is 23.4. The van der Waals surface area contributed by atoms with Gasteiger partial charge in [0.25, 0.3) is 11.8 Å². The number of nitrogens with zero attached hydrogens (tertiary/aromatic N) is 2. The standard InChI is InChI=1S/C12H14ClF3N6O3/c1-4-7(8(21-25-4)10(23)20-17)11(24)22(18)9-6(13)2-5(3-19-9)12(14,15)16/h2-4,7-8,21H,17-18H2,1H3,(H,20,23)/t4-,7-,8+/m0/s1. The molecule has 9 nitrogen and oxygen atoms in total. The van der Waals surface area contributed by atoms with Crippen LogP contribution in [0.3, 0.4) is 0 Å². The lowest BCUT2D eigenvalue weighted by Crippen LogP contribution is -2.53. The molecule has 1 saturated heterocycles. The average molecular weight is 383 g/mol. The number of rotatable bonds is 3. The van der Waals surface area contributed by atoms with Gasteiger partial charge in [-0.15, -0.1) is 0 Å². The third-order valence-corrected chi connectivity index (χ3v) is 3.85. The summed E-state index contributed by atoms with van der Waals surface area (Å²) < 4.78 is 37.9. The minimum absolute atomic E-state index is 0.398. The summed E-state index contributed by atoms with van der Waals surface area (Å²) in [4.78, 5) is 32.8. The number of aromatic nitrogens is 1. The van der Waals surface area contributed by atoms with Crippen LogP contribution < -0.4 is 27.6 Å². The van der Waals surface area contributed by atoms with Crippen molar-refractivity contribution in [1.29, 1.82) is 0 Å². The number of anilines is 1. The Morgan fingerprint density at radius 2 is 2.12 bits per heavy atom. The van der Waals surface area contributed by atoms with Crippen LogP contribution in [0.15, 0.2) is 12.3 Å².